The third kappa shape index (κ3) is 3.95. The van der Waals surface area contributed by atoms with Crippen LogP contribution in [0.3, 0.4) is 0 Å². The van der Waals surface area contributed by atoms with Crippen molar-refractivity contribution in [1.82, 2.24) is 19.8 Å². The number of Topliss-reactive ketones (excluding diaryl/α,β-unsaturated/α-hetero) is 1. The Morgan fingerprint density at radius 2 is 1.85 bits per heavy atom. The maximum absolute atomic E-state index is 14.6. The number of nitrogens with one attached hydrogen (secondary N) is 2. The quantitative estimate of drug-likeness (QED) is 0.561. The van der Waals surface area contributed by atoms with Crippen LogP contribution in [-0.4, -0.2) is 52.8 Å². The molecule has 0 bridgehead atoms. The lowest BCUT2D eigenvalue weighted by Gasteiger charge is -2.33. The first kappa shape index (κ1) is 22.8. The normalized spacial score (nSPS) is 18.2. The number of H-pyrrole nitrogens is 1. The molecule has 2 fully saturated rings. The number of benzene rings is 2. The van der Waals surface area contributed by atoms with Crippen LogP contribution in [0.25, 0.3) is 11.0 Å². The average Bonchev–Trinajstić information content (AvgIpc) is 3.58. The summed E-state index contributed by atoms with van der Waals surface area (Å²) in [6.07, 6.45) is 3.07. The number of carbonyl (C=O) groups excluding carboxylic acids is 2. The molecule has 0 atom stereocenters. The Kier molecular flexibility index (Phi) is 5.81. The van der Waals surface area contributed by atoms with E-state index in [0.29, 0.717) is 48.5 Å². The lowest BCUT2D eigenvalue weighted by molar-refractivity contribution is -0.123. The van der Waals surface area contributed by atoms with Gasteiger partial charge in [-0.1, -0.05) is 23.7 Å². The number of carbonyl (C=O) groups is 2. The number of ketones is 1. The Bertz CT molecular complexity index is 1320. The molecule has 1 aromatic heterocycles. The largest absolute Gasteiger partial charge is 0.355 e. The smallest absolute Gasteiger partial charge is 0.326 e. The summed E-state index contributed by atoms with van der Waals surface area (Å²) in [5.74, 6) is -0.987. The first-order chi connectivity index (χ1) is 16.3. The van der Waals surface area contributed by atoms with E-state index in [1.165, 1.54) is 19.2 Å². The first-order valence-corrected chi connectivity index (χ1v) is 11.9. The van der Waals surface area contributed by atoms with E-state index in [0.717, 1.165) is 18.4 Å². The summed E-state index contributed by atoms with van der Waals surface area (Å²) in [5, 5.41) is 3.06. The van der Waals surface area contributed by atoms with E-state index in [2.05, 4.69) is 15.2 Å². The molecule has 34 heavy (non-hydrogen) atoms. The van der Waals surface area contributed by atoms with Crippen LogP contribution in [0.2, 0.25) is 5.02 Å². The van der Waals surface area contributed by atoms with Gasteiger partial charge in [0, 0.05) is 37.3 Å². The zero-order valence-electron chi connectivity index (χ0n) is 18.9. The van der Waals surface area contributed by atoms with Gasteiger partial charge >= 0.3 is 5.69 Å². The Morgan fingerprint density at radius 1 is 1.18 bits per heavy atom. The monoisotopic (exact) mass is 484 g/mol. The highest BCUT2D eigenvalue weighted by atomic mass is 35.5. The summed E-state index contributed by atoms with van der Waals surface area (Å²) in [6, 6.07) is 10.1. The number of halogens is 2. The summed E-state index contributed by atoms with van der Waals surface area (Å²) in [4.78, 5) is 42.6. The number of hydrogen-bond acceptors (Lipinski definition) is 4. The molecule has 0 unspecified atom stereocenters. The van der Waals surface area contributed by atoms with Gasteiger partial charge in [0.25, 0.3) is 5.91 Å². The molecule has 1 saturated carbocycles. The van der Waals surface area contributed by atoms with Crippen molar-refractivity contribution < 1.29 is 14.0 Å². The molecule has 178 valence electrons. The molecule has 0 spiro atoms. The third-order valence-corrected chi connectivity index (χ3v) is 7.50. The topological polar surface area (TPSA) is 87.2 Å². The predicted molar refractivity (Wildman–Crippen MR) is 128 cm³/mol. The highest BCUT2D eigenvalue weighted by Crippen LogP contribution is 2.49. The molecular formula is C25H26ClFN4O3. The van der Waals surface area contributed by atoms with Gasteiger partial charge in [-0.25, -0.2) is 9.18 Å². The number of amides is 1. The number of aromatic nitrogens is 2. The summed E-state index contributed by atoms with van der Waals surface area (Å²) >= 11 is 6.00. The molecule has 3 aromatic rings. The van der Waals surface area contributed by atoms with E-state index in [-0.39, 0.29) is 23.1 Å². The average molecular weight is 485 g/mol. The van der Waals surface area contributed by atoms with Gasteiger partial charge in [-0.15, -0.1) is 0 Å². The van der Waals surface area contributed by atoms with Gasteiger partial charge in [0.15, 0.2) is 5.78 Å². The fourth-order valence-corrected chi connectivity index (χ4v) is 5.26. The van der Waals surface area contributed by atoms with Crippen LogP contribution in [-0.2, 0) is 10.2 Å². The standard InChI is InChI=1S/C25H26ClFN4O3/c1-28-23(33)18-12-20-21(13-19(18)27)31(24(34)29-20)17-6-10-30(11-7-17)14-22(32)25(8-9-25)15-2-4-16(26)5-3-15/h2-5,12-13,17H,6-11,14H2,1H3,(H,28,33)(H,29,34). The number of fused-ring (bicyclic) bond motifs is 1. The number of nitrogens with zero attached hydrogens (tertiary/aromatic N) is 2. The van der Waals surface area contributed by atoms with Crippen LogP contribution in [0.4, 0.5) is 4.39 Å². The minimum absolute atomic E-state index is 0.105. The fraction of sp³-hybridized carbons (Fsp3) is 0.400. The zero-order valence-corrected chi connectivity index (χ0v) is 19.6. The molecule has 0 radical (unpaired) electrons. The number of imidazole rings is 1. The van der Waals surface area contributed by atoms with Crippen molar-refractivity contribution in [2.24, 2.45) is 0 Å². The number of aromatic amines is 1. The minimum Gasteiger partial charge on any atom is -0.355 e. The Hall–Kier alpha value is -2.97. The Labute approximate surface area is 200 Å². The van der Waals surface area contributed by atoms with Crippen molar-refractivity contribution in [3.05, 3.63) is 68.8 Å². The second-order valence-corrected chi connectivity index (χ2v) is 9.68. The van der Waals surface area contributed by atoms with Crippen molar-refractivity contribution in [3.8, 4) is 0 Å². The summed E-state index contributed by atoms with van der Waals surface area (Å²) in [5.41, 5.74) is 1.09. The third-order valence-electron chi connectivity index (χ3n) is 7.25. The van der Waals surface area contributed by atoms with Gasteiger partial charge in [-0.05, 0) is 49.4 Å². The van der Waals surface area contributed by atoms with Crippen molar-refractivity contribution >= 4 is 34.3 Å². The molecule has 1 aliphatic carbocycles. The van der Waals surface area contributed by atoms with Crippen molar-refractivity contribution in [2.45, 2.75) is 37.1 Å². The van der Waals surface area contributed by atoms with E-state index >= 15 is 0 Å². The van der Waals surface area contributed by atoms with Crippen LogP contribution >= 0.6 is 11.6 Å². The Morgan fingerprint density at radius 3 is 2.47 bits per heavy atom. The molecular weight excluding hydrogens is 459 g/mol. The van der Waals surface area contributed by atoms with Crippen LogP contribution in [0.1, 0.15) is 47.6 Å². The highest BCUT2D eigenvalue weighted by molar-refractivity contribution is 6.30. The number of rotatable bonds is 6. The minimum atomic E-state index is -0.667. The van der Waals surface area contributed by atoms with Gasteiger partial charge in [0.05, 0.1) is 28.6 Å². The summed E-state index contributed by atoms with van der Waals surface area (Å²) in [7, 11) is 1.43. The molecule has 2 aliphatic rings. The predicted octanol–water partition coefficient (Wildman–Crippen LogP) is 3.42. The van der Waals surface area contributed by atoms with Crippen LogP contribution < -0.4 is 11.0 Å². The van der Waals surface area contributed by atoms with E-state index in [1.807, 2.05) is 24.3 Å². The van der Waals surface area contributed by atoms with E-state index < -0.39 is 17.1 Å². The SMILES string of the molecule is CNC(=O)c1cc2[nH]c(=O)n(C3CCN(CC(=O)C4(c5ccc(Cl)cc5)CC4)CC3)c2cc1F. The molecule has 1 aliphatic heterocycles. The summed E-state index contributed by atoms with van der Waals surface area (Å²) < 4.78 is 16.1. The van der Waals surface area contributed by atoms with Gasteiger partial charge in [0.2, 0.25) is 0 Å². The first-order valence-electron chi connectivity index (χ1n) is 11.5. The van der Waals surface area contributed by atoms with Gasteiger partial charge in [-0.3, -0.25) is 19.1 Å². The molecule has 7 nitrogen and oxygen atoms in total. The maximum atomic E-state index is 14.6. The van der Waals surface area contributed by atoms with Crippen molar-refractivity contribution in [1.29, 1.82) is 0 Å². The zero-order chi connectivity index (χ0) is 24.0. The Balaban J connectivity index is 1.28. The van der Waals surface area contributed by atoms with E-state index in [4.69, 9.17) is 11.6 Å². The molecule has 9 heteroatoms. The molecule has 2 N–H and O–H groups in total. The fourth-order valence-electron chi connectivity index (χ4n) is 5.13. The lowest BCUT2D eigenvalue weighted by atomic mass is 9.90. The molecule has 1 amide bonds. The molecule has 2 heterocycles. The highest BCUT2D eigenvalue weighted by Gasteiger charge is 2.50. The number of piperidine rings is 1. The van der Waals surface area contributed by atoms with E-state index in [9.17, 15) is 18.8 Å². The molecule has 5 rings (SSSR count). The van der Waals surface area contributed by atoms with Crippen LogP contribution in [0.5, 0.6) is 0 Å². The number of likely N-dealkylation sites (tertiary alicyclic amines) is 1. The summed E-state index contributed by atoms with van der Waals surface area (Å²) in [6.45, 7) is 1.72. The van der Waals surface area contributed by atoms with E-state index in [1.54, 1.807) is 4.57 Å². The van der Waals surface area contributed by atoms with Crippen LogP contribution in [0, 0.1) is 5.82 Å². The molecule has 1 saturated heterocycles. The van der Waals surface area contributed by atoms with Gasteiger partial charge < -0.3 is 10.3 Å². The lowest BCUT2D eigenvalue weighted by Crippen LogP contribution is -2.42. The second-order valence-electron chi connectivity index (χ2n) is 9.25. The maximum Gasteiger partial charge on any atom is 0.326 e. The van der Waals surface area contributed by atoms with Crippen molar-refractivity contribution in [2.75, 3.05) is 26.7 Å². The van der Waals surface area contributed by atoms with Crippen molar-refractivity contribution in [3.63, 3.8) is 0 Å². The second kappa shape index (κ2) is 8.67. The van der Waals surface area contributed by atoms with Gasteiger partial charge in [-0.2, -0.15) is 0 Å². The number of hydrogen-bond donors (Lipinski definition) is 2. The molecule has 2 aromatic carbocycles. The van der Waals surface area contributed by atoms with Gasteiger partial charge in [0.1, 0.15) is 5.82 Å². The van der Waals surface area contributed by atoms with Crippen LogP contribution in [0.15, 0.2) is 41.2 Å².